The molecule has 0 aliphatic heterocycles. The van der Waals surface area contributed by atoms with Crippen molar-refractivity contribution in [2.75, 3.05) is 0 Å². The molecule has 0 saturated heterocycles. The number of ketones is 2. The summed E-state index contributed by atoms with van der Waals surface area (Å²) in [6.45, 7) is 4.08. The van der Waals surface area contributed by atoms with Gasteiger partial charge in [0, 0.05) is 24.7 Å². The zero-order chi connectivity index (χ0) is 15.9. The third-order valence-corrected chi connectivity index (χ3v) is 6.25. The third kappa shape index (κ3) is 4.67. The van der Waals surface area contributed by atoms with Crippen LogP contribution in [0.1, 0.15) is 90.9 Å². The second-order valence-corrected chi connectivity index (χ2v) is 7.69. The lowest BCUT2D eigenvalue weighted by atomic mass is 9.64. The topological polar surface area (TPSA) is 34.1 Å². The Hall–Kier alpha value is -0.660. The summed E-state index contributed by atoms with van der Waals surface area (Å²) in [5.74, 6) is 2.95. The van der Waals surface area contributed by atoms with Crippen LogP contribution in [0.5, 0.6) is 0 Å². The van der Waals surface area contributed by atoms with Crippen LogP contribution in [0.15, 0.2) is 0 Å². The van der Waals surface area contributed by atoms with E-state index in [1.54, 1.807) is 0 Å². The predicted molar refractivity (Wildman–Crippen MR) is 90.7 cm³/mol. The van der Waals surface area contributed by atoms with Gasteiger partial charge in [0.1, 0.15) is 11.6 Å². The quantitative estimate of drug-likeness (QED) is 0.567. The van der Waals surface area contributed by atoms with Gasteiger partial charge in [0.25, 0.3) is 0 Å². The molecule has 0 radical (unpaired) electrons. The van der Waals surface area contributed by atoms with Crippen molar-refractivity contribution in [3.63, 3.8) is 0 Å². The summed E-state index contributed by atoms with van der Waals surface area (Å²) in [6.07, 6.45) is 13.2. The molecule has 4 unspecified atom stereocenters. The first kappa shape index (κ1) is 17.7. The molecule has 2 fully saturated rings. The summed E-state index contributed by atoms with van der Waals surface area (Å²) < 4.78 is 0. The van der Waals surface area contributed by atoms with Crippen molar-refractivity contribution in [3.05, 3.63) is 0 Å². The Balaban J connectivity index is 1.71. The molecule has 22 heavy (non-hydrogen) atoms. The minimum Gasteiger partial charge on any atom is -0.299 e. The summed E-state index contributed by atoms with van der Waals surface area (Å²) in [5.41, 5.74) is 0. The maximum atomic E-state index is 12.6. The molecule has 2 saturated carbocycles. The molecule has 2 rings (SSSR count). The first-order chi connectivity index (χ1) is 10.6. The van der Waals surface area contributed by atoms with Crippen LogP contribution in [-0.2, 0) is 9.59 Å². The van der Waals surface area contributed by atoms with Crippen molar-refractivity contribution >= 4 is 11.6 Å². The number of fused-ring (bicyclic) bond motifs is 1. The van der Waals surface area contributed by atoms with Crippen LogP contribution in [0.3, 0.4) is 0 Å². The SMILES string of the molecule is CCC(C)C(=O)CCCCC(=O)C1CCCC2CCCCC21. The van der Waals surface area contributed by atoms with E-state index in [0.29, 0.717) is 36.2 Å². The van der Waals surface area contributed by atoms with Crippen molar-refractivity contribution in [1.82, 2.24) is 0 Å². The molecule has 0 aromatic heterocycles. The van der Waals surface area contributed by atoms with Crippen molar-refractivity contribution in [2.24, 2.45) is 23.7 Å². The fraction of sp³-hybridized carbons (Fsp3) is 0.900. The zero-order valence-electron chi connectivity index (χ0n) is 14.6. The van der Waals surface area contributed by atoms with E-state index in [0.717, 1.165) is 31.6 Å². The number of unbranched alkanes of at least 4 members (excludes halogenated alkanes) is 1. The summed E-state index contributed by atoms with van der Waals surface area (Å²) in [5, 5.41) is 0. The van der Waals surface area contributed by atoms with Crippen LogP contribution in [0.4, 0.5) is 0 Å². The lowest BCUT2D eigenvalue weighted by molar-refractivity contribution is -0.128. The molecule has 126 valence electrons. The van der Waals surface area contributed by atoms with E-state index in [1.165, 1.54) is 38.5 Å². The highest BCUT2D eigenvalue weighted by atomic mass is 16.1. The van der Waals surface area contributed by atoms with E-state index in [2.05, 4.69) is 6.92 Å². The van der Waals surface area contributed by atoms with Gasteiger partial charge in [0.2, 0.25) is 0 Å². The van der Waals surface area contributed by atoms with E-state index >= 15 is 0 Å². The van der Waals surface area contributed by atoms with Crippen molar-refractivity contribution in [2.45, 2.75) is 90.9 Å². The van der Waals surface area contributed by atoms with E-state index in [4.69, 9.17) is 0 Å². The van der Waals surface area contributed by atoms with Crippen LogP contribution < -0.4 is 0 Å². The molecule has 0 N–H and O–H groups in total. The van der Waals surface area contributed by atoms with Crippen LogP contribution in [-0.4, -0.2) is 11.6 Å². The van der Waals surface area contributed by atoms with E-state index < -0.39 is 0 Å². The molecule has 4 atom stereocenters. The van der Waals surface area contributed by atoms with Gasteiger partial charge in [-0.15, -0.1) is 0 Å². The van der Waals surface area contributed by atoms with Gasteiger partial charge in [0.05, 0.1) is 0 Å². The average Bonchev–Trinajstić information content (AvgIpc) is 2.56. The molecule has 2 heteroatoms. The molecule has 2 nitrogen and oxygen atoms in total. The van der Waals surface area contributed by atoms with Gasteiger partial charge in [-0.1, -0.05) is 46.0 Å². The van der Waals surface area contributed by atoms with Crippen LogP contribution in [0, 0.1) is 23.7 Å². The van der Waals surface area contributed by atoms with Gasteiger partial charge in [-0.05, 0) is 43.9 Å². The average molecular weight is 306 g/mol. The predicted octanol–water partition coefficient (Wildman–Crippen LogP) is 5.34. The minimum absolute atomic E-state index is 0.192. The molecular weight excluding hydrogens is 272 g/mol. The number of carbonyl (C=O) groups excluding carboxylic acids is 2. The molecule has 0 spiro atoms. The largest absolute Gasteiger partial charge is 0.299 e. The molecule has 0 amide bonds. The number of rotatable bonds is 8. The number of carbonyl (C=O) groups is 2. The number of hydrogen-bond acceptors (Lipinski definition) is 2. The first-order valence-corrected chi connectivity index (χ1v) is 9.69. The van der Waals surface area contributed by atoms with Gasteiger partial charge in [-0.25, -0.2) is 0 Å². The molecule has 2 aliphatic carbocycles. The summed E-state index contributed by atoms with van der Waals surface area (Å²) in [7, 11) is 0. The molecule has 0 aromatic rings. The van der Waals surface area contributed by atoms with Crippen LogP contribution >= 0.6 is 0 Å². The number of hydrogen-bond donors (Lipinski definition) is 0. The normalized spacial score (nSPS) is 29.6. The van der Waals surface area contributed by atoms with Crippen molar-refractivity contribution in [1.29, 1.82) is 0 Å². The fourth-order valence-electron chi connectivity index (χ4n) is 4.60. The van der Waals surface area contributed by atoms with Gasteiger partial charge in [0.15, 0.2) is 0 Å². The summed E-state index contributed by atoms with van der Waals surface area (Å²) in [4.78, 5) is 24.4. The Morgan fingerprint density at radius 2 is 1.64 bits per heavy atom. The Kier molecular flexibility index (Phi) is 7.11. The fourth-order valence-corrected chi connectivity index (χ4v) is 4.60. The maximum absolute atomic E-state index is 12.6. The number of Topliss-reactive ketones (excluding diaryl/α,β-unsaturated/α-hetero) is 2. The maximum Gasteiger partial charge on any atom is 0.136 e. The second-order valence-electron chi connectivity index (χ2n) is 7.69. The highest BCUT2D eigenvalue weighted by Crippen LogP contribution is 2.44. The monoisotopic (exact) mass is 306 g/mol. The Morgan fingerprint density at radius 3 is 2.41 bits per heavy atom. The Bertz CT molecular complexity index is 372. The molecule has 0 bridgehead atoms. The van der Waals surface area contributed by atoms with E-state index in [9.17, 15) is 9.59 Å². The molecular formula is C20H34O2. The van der Waals surface area contributed by atoms with E-state index in [-0.39, 0.29) is 5.92 Å². The molecule has 2 aliphatic rings. The smallest absolute Gasteiger partial charge is 0.136 e. The second kappa shape index (κ2) is 8.84. The summed E-state index contributed by atoms with van der Waals surface area (Å²) >= 11 is 0. The van der Waals surface area contributed by atoms with Crippen molar-refractivity contribution in [3.8, 4) is 0 Å². The zero-order valence-corrected chi connectivity index (χ0v) is 14.6. The molecule has 0 aromatic carbocycles. The van der Waals surface area contributed by atoms with Crippen LogP contribution in [0.25, 0.3) is 0 Å². The van der Waals surface area contributed by atoms with E-state index in [1.807, 2.05) is 6.92 Å². The van der Waals surface area contributed by atoms with Gasteiger partial charge in [-0.3, -0.25) is 9.59 Å². The highest BCUT2D eigenvalue weighted by Gasteiger charge is 2.37. The van der Waals surface area contributed by atoms with Crippen molar-refractivity contribution < 1.29 is 9.59 Å². The molecule has 0 heterocycles. The third-order valence-electron chi connectivity index (χ3n) is 6.25. The lowest BCUT2D eigenvalue weighted by Gasteiger charge is -2.40. The lowest BCUT2D eigenvalue weighted by Crippen LogP contribution is -2.35. The van der Waals surface area contributed by atoms with Gasteiger partial charge >= 0.3 is 0 Å². The Labute approximate surface area is 136 Å². The Morgan fingerprint density at radius 1 is 0.955 bits per heavy atom. The van der Waals surface area contributed by atoms with Gasteiger partial charge < -0.3 is 0 Å². The first-order valence-electron chi connectivity index (χ1n) is 9.69. The summed E-state index contributed by atoms with van der Waals surface area (Å²) in [6, 6.07) is 0. The highest BCUT2D eigenvalue weighted by molar-refractivity contribution is 5.82. The van der Waals surface area contributed by atoms with Crippen LogP contribution in [0.2, 0.25) is 0 Å². The minimum atomic E-state index is 0.192. The standard InChI is InChI=1S/C20H34O2/c1-3-15(2)19(21)13-6-7-14-20(22)18-12-8-10-16-9-4-5-11-17(16)18/h15-18H,3-14H2,1-2H3. The van der Waals surface area contributed by atoms with Gasteiger partial charge in [-0.2, -0.15) is 0 Å².